The Balaban J connectivity index is 2.62. The Bertz CT molecular complexity index is 291. The lowest BCUT2D eigenvalue weighted by atomic mass is 10.2. The Morgan fingerprint density at radius 2 is 2.40 bits per heavy atom. The molecule has 5 heteroatoms. The van der Waals surface area contributed by atoms with E-state index in [0.29, 0.717) is 12.6 Å². The van der Waals surface area contributed by atoms with Crippen molar-refractivity contribution in [2.24, 2.45) is 5.73 Å². The molecule has 1 aromatic rings. The van der Waals surface area contributed by atoms with Gasteiger partial charge in [0.2, 0.25) is 0 Å². The van der Waals surface area contributed by atoms with Crippen LogP contribution in [0.15, 0.2) is 15.9 Å². The minimum absolute atomic E-state index is 0.355. The van der Waals surface area contributed by atoms with Crippen molar-refractivity contribution in [3.05, 3.63) is 20.8 Å². The molecule has 86 valence electrons. The summed E-state index contributed by atoms with van der Waals surface area (Å²) in [5.74, 6) is 1.15. The van der Waals surface area contributed by atoms with Crippen LogP contribution in [0.5, 0.6) is 0 Å². The van der Waals surface area contributed by atoms with Crippen LogP contribution in [-0.4, -0.2) is 37.0 Å². The van der Waals surface area contributed by atoms with Gasteiger partial charge in [-0.2, -0.15) is 11.8 Å². The maximum Gasteiger partial charge on any atom is 0.0562 e. The van der Waals surface area contributed by atoms with E-state index in [1.165, 1.54) is 4.88 Å². The first-order valence-corrected chi connectivity index (χ1v) is 7.89. The summed E-state index contributed by atoms with van der Waals surface area (Å²) in [5, 5.41) is 2.11. The zero-order chi connectivity index (χ0) is 11.3. The van der Waals surface area contributed by atoms with Gasteiger partial charge in [0.25, 0.3) is 0 Å². The van der Waals surface area contributed by atoms with Crippen molar-refractivity contribution < 1.29 is 0 Å². The molecule has 0 saturated carbocycles. The van der Waals surface area contributed by atoms with E-state index in [-0.39, 0.29) is 0 Å². The Hall–Kier alpha value is 0.450. The first kappa shape index (κ1) is 13.5. The first-order chi connectivity index (χ1) is 7.19. The molecule has 0 aromatic carbocycles. The molecule has 0 aliphatic carbocycles. The van der Waals surface area contributed by atoms with Gasteiger partial charge in [-0.3, -0.25) is 4.90 Å². The van der Waals surface area contributed by atoms with Crippen molar-refractivity contribution in [1.29, 1.82) is 0 Å². The van der Waals surface area contributed by atoms with Crippen molar-refractivity contribution in [2.45, 2.75) is 6.04 Å². The molecule has 1 atom stereocenters. The predicted octanol–water partition coefficient (Wildman–Crippen LogP) is 2.81. The molecule has 2 N–H and O–H groups in total. The number of nitrogens with two attached hydrogens (primary N) is 1. The molecule has 0 saturated heterocycles. The van der Waals surface area contributed by atoms with E-state index in [1.54, 1.807) is 11.3 Å². The summed E-state index contributed by atoms with van der Waals surface area (Å²) < 4.78 is 1.15. The molecule has 0 amide bonds. The smallest absolute Gasteiger partial charge is 0.0562 e. The summed E-state index contributed by atoms with van der Waals surface area (Å²) in [6.45, 7) is 1.76. The lowest BCUT2D eigenvalue weighted by Gasteiger charge is -2.25. The molecule has 0 bridgehead atoms. The number of hydrogen-bond donors (Lipinski definition) is 1. The minimum Gasteiger partial charge on any atom is -0.329 e. The standard InChI is InChI=1S/C10H17BrN2S2/c1-13(3-4-14-2)9(6-12)10-5-8(11)7-15-10/h5,7,9H,3-4,6,12H2,1-2H3. The van der Waals surface area contributed by atoms with Crippen molar-refractivity contribution in [3.8, 4) is 0 Å². The third-order valence-corrected chi connectivity index (χ3v) is 4.71. The summed E-state index contributed by atoms with van der Waals surface area (Å²) in [7, 11) is 2.14. The van der Waals surface area contributed by atoms with Crippen LogP contribution in [0.1, 0.15) is 10.9 Å². The average Bonchev–Trinajstić information content (AvgIpc) is 2.63. The highest BCUT2D eigenvalue weighted by Gasteiger charge is 2.16. The van der Waals surface area contributed by atoms with E-state index in [2.05, 4.69) is 45.6 Å². The molecule has 0 fully saturated rings. The van der Waals surface area contributed by atoms with Gasteiger partial charge < -0.3 is 5.73 Å². The van der Waals surface area contributed by atoms with Gasteiger partial charge in [0.15, 0.2) is 0 Å². The Morgan fingerprint density at radius 3 is 2.87 bits per heavy atom. The lowest BCUT2D eigenvalue weighted by molar-refractivity contribution is 0.269. The Labute approximate surface area is 108 Å². The van der Waals surface area contributed by atoms with Gasteiger partial charge in [-0.25, -0.2) is 0 Å². The van der Waals surface area contributed by atoms with Crippen LogP contribution in [0.25, 0.3) is 0 Å². The van der Waals surface area contributed by atoms with Crippen LogP contribution in [0, 0.1) is 0 Å². The van der Waals surface area contributed by atoms with E-state index >= 15 is 0 Å². The summed E-state index contributed by atoms with van der Waals surface area (Å²) in [6.07, 6.45) is 2.13. The van der Waals surface area contributed by atoms with Crippen LogP contribution in [-0.2, 0) is 0 Å². The second kappa shape index (κ2) is 6.91. The first-order valence-electron chi connectivity index (χ1n) is 4.82. The van der Waals surface area contributed by atoms with E-state index in [1.807, 2.05) is 11.8 Å². The molecular weight excluding hydrogens is 292 g/mol. The van der Waals surface area contributed by atoms with Gasteiger partial charge >= 0.3 is 0 Å². The SMILES string of the molecule is CSCCN(C)C(CN)c1cc(Br)cs1. The highest BCUT2D eigenvalue weighted by Crippen LogP contribution is 2.28. The second-order valence-corrected chi connectivity index (χ2v) is 6.24. The van der Waals surface area contributed by atoms with Crippen LogP contribution < -0.4 is 5.73 Å². The van der Waals surface area contributed by atoms with Gasteiger partial charge in [0, 0.05) is 33.6 Å². The zero-order valence-corrected chi connectivity index (χ0v) is 12.3. The fraction of sp³-hybridized carbons (Fsp3) is 0.600. The summed E-state index contributed by atoms with van der Waals surface area (Å²) in [6, 6.07) is 2.52. The van der Waals surface area contributed by atoms with Gasteiger partial charge in [-0.15, -0.1) is 11.3 Å². The highest BCUT2D eigenvalue weighted by atomic mass is 79.9. The van der Waals surface area contributed by atoms with Gasteiger partial charge in [0.1, 0.15) is 0 Å². The largest absolute Gasteiger partial charge is 0.329 e. The maximum atomic E-state index is 5.83. The van der Waals surface area contributed by atoms with Crippen LogP contribution in [0.3, 0.4) is 0 Å². The lowest BCUT2D eigenvalue weighted by Crippen LogP contribution is -2.31. The van der Waals surface area contributed by atoms with Crippen molar-refractivity contribution >= 4 is 39.0 Å². The number of hydrogen-bond acceptors (Lipinski definition) is 4. The topological polar surface area (TPSA) is 29.3 Å². The number of rotatable bonds is 6. The van der Waals surface area contributed by atoms with E-state index in [0.717, 1.165) is 16.8 Å². The zero-order valence-electron chi connectivity index (χ0n) is 9.07. The van der Waals surface area contributed by atoms with Crippen molar-refractivity contribution in [3.63, 3.8) is 0 Å². The number of thioether (sulfide) groups is 1. The fourth-order valence-corrected chi connectivity index (χ4v) is 3.50. The number of likely N-dealkylation sites (N-methyl/N-ethyl adjacent to an activating group) is 1. The third-order valence-electron chi connectivity index (χ3n) is 2.32. The fourth-order valence-electron chi connectivity index (χ4n) is 1.41. The normalized spacial score (nSPS) is 13.4. The monoisotopic (exact) mass is 308 g/mol. The summed E-state index contributed by atoms with van der Waals surface area (Å²) in [4.78, 5) is 3.67. The molecule has 0 spiro atoms. The van der Waals surface area contributed by atoms with Crippen molar-refractivity contribution in [1.82, 2.24) is 4.90 Å². The van der Waals surface area contributed by atoms with Gasteiger partial charge in [-0.1, -0.05) is 0 Å². The van der Waals surface area contributed by atoms with E-state index in [4.69, 9.17) is 5.73 Å². The van der Waals surface area contributed by atoms with Gasteiger partial charge in [0.05, 0.1) is 6.04 Å². The molecule has 15 heavy (non-hydrogen) atoms. The molecular formula is C10H17BrN2S2. The number of halogens is 1. The number of nitrogens with zero attached hydrogens (tertiary/aromatic N) is 1. The molecule has 1 heterocycles. The second-order valence-electron chi connectivity index (χ2n) is 3.39. The molecule has 1 rings (SSSR count). The molecule has 0 radical (unpaired) electrons. The Kier molecular flexibility index (Phi) is 6.23. The maximum absolute atomic E-state index is 5.83. The van der Waals surface area contributed by atoms with E-state index in [9.17, 15) is 0 Å². The number of thiophene rings is 1. The quantitative estimate of drug-likeness (QED) is 0.876. The molecule has 1 unspecified atom stereocenters. The minimum atomic E-state index is 0.355. The van der Waals surface area contributed by atoms with Crippen LogP contribution in [0.2, 0.25) is 0 Å². The third kappa shape index (κ3) is 4.07. The van der Waals surface area contributed by atoms with Crippen LogP contribution >= 0.6 is 39.0 Å². The molecule has 0 aliphatic heterocycles. The summed E-state index contributed by atoms with van der Waals surface area (Å²) in [5.41, 5.74) is 5.83. The molecule has 2 nitrogen and oxygen atoms in total. The van der Waals surface area contributed by atoms with Gasteiger partial charge in [-0.05, 0) is 35.3 Å². The average molecular weight is 309 g/mol. The molecule has 0 aliphatic rings. The van der Waals surface area contributed by atoms with E-state index < -0.39 is 0 Å². The van der Waals surface area contributed by atoms with Crippen LogP contribution in [0.4, 0.5) is 0 Å². The highest BCUT2D eigenvalue weighted by molar-refractivity contribution is 9.10. The summed E-state index contributed by atoms with van der Waals surface area (Å²) >= 11 is 7.12. The predicted molar refractivity (Wildman–Crippen MR) is 74.8 cm³/mol. The molecule has 1 aromatic heterocycles. The Morgan fingerprint density at radius 1 is 1.67 bits per heavy atom. The van der Waals surface area contributed by atoms with Crippen molar-refractivity contribution in [2.75, 3.05) is 32.1 Å².